The summed E-state index contributed by atoms with van der Waals surface area (Å²) < 4.78 is 1.25. The predicted molar refractivity (Wildman–Crippen MR) is 67.0 cm³/mol. The smallest absolute Gasteiger partial charge is 0.307 e. The van der Waals surface area contributed by atoms with E-state index >= 15 is 0 Å². The molecule has 80 valence electrons. The molecule has 15 heavy (non-hydrogen) atoms. The molecule has 0 aromatic heterocycles. The summed E-state index contributed by atoms with van der Waals surface area (Å²) in [6.07, 6.45) is 1.84. The topological polar surface area (TPSA) is 37.3 Å². The minimum absolute atomic E-state index is 0.145. The summed E-state index contributed by atoms with van der Waals surface area (Å²) in [6.45, 7) is 2.13. The summed E-state index contributed by atoms with van der Waals surface area (Å²) in [7, 11) is 0. The van der Waals surface area contributed by atoms with Crippen molar-refractivity contribution in [3.05, 3.63) is 32.9 Å². The van der Waals surface area contributed by atoms with Gasteiger partial charge in [0.25, 0.3) is 0 Å². The van der Waals surface area contributed by atoms with E-state index in [1.807, 2.05) is 0 Å². The molecule has 1 unspecified atom stereocenters. The largest absolute Gasteiger partial charge is 0.481 e. The molecule has 1 fully saturated rings. The molecule has 1 aliphatic rings. The molecule has 0 saturated heterocycles. The van der Waals surface area contributed by atoms with Gasteiger partial charge in [-0.15, -0.1) is 0 Å². The quantitative estimate of drug-likeness (QED) is 0.870. The highest BCUT2D eigenvalue weighted by molar-refractivity contribution is 14.1. The summed E-state index contributed by atoms with van der Waals surface area (Å²) >= 11 is 2.32. The third-order valence-corrected chi connectivity index (χ3v) is 4.00. The number of aliphatic carboxylic acids is 1. The Morgan fingerprint density at radius 3 is 2.80 bits per heavy atom. The Morgan fingerprint density at radius 2 is 2.33 bits per heavy atom. The molecule has 0 bridgehead atoms. The van der Waals surface area contributed by atoms with E-state index in [1.54, 1.807) is 0 Å². The van der Waals surface area contributed by atoms with E-state index < -0.39 is 5.97 Å². The molecule has 3 heteroatoms. The van der Waals surface area contributed by atoms with Crippen LogP contribution in [0.3, 0.4) is 0 Å². The lowest BCUT2D eigenvalue weighted by molar-refractivity contribution is -0.138. The molecule has 0 radical (unpaired) electrons. The molecular formula is C12H13IO2. The zero-order chi connectivity index (χ0) is 11.0. The van der Waals surface area contributed by atoms with Crippen molar-refractivity contribution in [2.75, 3.05) is 0 Å². The SMILES string of the molecule is CCc1ccc([C@H]2CC2C(=O)O)cc1I. The van der Waals surface area contributed by atoms with Crippen molar-refractivity contribution in [3.63, 3.8) is 0 Å². The van der Waals surface area contributed by atoms with E-state index in [2.05, 4.69) is 47.7 Å². The van der Waals surface area contributed by atoms with Crippen LogP contribution < -0.4 is 0 Å². The van der Waals surface area contributed by atoms with Gasteiger partial charge >= 0.3 is 5.97 Å². The van der Waals surface area contributed by atoms with Crippen LogP contribution >= 0.6 is 22.6 Å². The molecule has 0 spiro atoms. The van der Waals surface area contributed by atoms with Crippen molar-refractivity contribution < 1.29 is 9.90 Å². The van der Waals surface area contributed by atoms with Gasteiger partial charge in [0.1, 0.15) is 0 Å². The van der Waals surface area contributed by atoms with Gasteiger partial charge in [0.2, 0.25) is 0 Å². The van der Waals surface area contributed by atoms with E-state index in [-0.39, 0.29) is 11.8 Å². The highest BCUT2D eigenvalue weighted by Gasteiger charge is 2.44. The summed E-state index contributed by atoms with van der Waals surface area (Å²) in [5.41, 5.74) is 2.52. The average molecular weight is 316 g/mol. The molecule has 2 atom stereocenters. The van der Waals surface area contributed by atoms with E-state index in [4.69, 9.17) is 5.11 Å². The Labute approximate surface area is 103 Å². The van der Waals surface area contributed by atoms with E-state index in [0.29, 0.717) is 0 Å². The molecule has 2 rings (SSSR count). The molecule has 0 aliphatic heterocycles. The molecule has 1 aromatic carbocycles. The van der Waals surface area contributed by atoms with Crippen molar-refractivity contribution >= 4 is 28.6 Å². The molecule has 1 aliphatic carbocycles. The first kappa shape index (κ1) is 10.9. The second-order valence-corrected chi connectivity index (χ2v) is 5.15. The Morgan fingerprint density at radius 1 is 1.60 bits per heavy atom. The van der Waals surface area contributed by atoms with E-state index in [0.717, 1.165) is 12.8 Å². The molecule has 1 N–H and O–H groups in total. The van der Waals surface area contributed by atoms with Crippen LogP contribution in [0.15, 0.2) is 18.2 Å². The van der Waals surface area contributed by atoms with Gasteiger partial charge in [-0.25, -0.2) is 0 Å². The van der Waals surface area contributed by atoms with Crippen LogP contribution in [0.4, 0.5) is 0 Å². The first-order valence-corrected chi connectivity index (χ1v) is 6.22. The van der Waals surface area contributed by atoms with Crippen molar-refractivity contribution in [1.29, 1.82) is 0 Å². The van der Waals surface area contributed by atoms with Crippen molar-refractivity contribution in [2.45, 2.75) is 25.7 Å². The Hall–Kier alpha value is -0.580. The number of rotatable bonds is 3. The van der Waals surface area contributed by atoms with Gasteiger partial charge in [0, 0.05) is 3.57 Å². The third-order valence-electron chi connectivity index (χ3n) is 2.99. The zero-order valence-corrected chi connectivity index (χ0v) is 10.7. The maximum atomic E-state index is 10.8. The number of carbonyl (C=O) groups is 1. The van der Waals surface area contributed by atoms with Gasteiger partial charge in [-0.05, 0) is 58.5 Å². The number of halogens is 1. The number of benzene rings is 1. The molecule has 1 saturated carbocycles. The van der Waals surface area contributed by atoms with Crippen LogP contribution in [0.25, 0.3) is 0 Å². The molecule has 2 nitrogen and oxygen atoms in total. The Balaban J connectivity index is 2.18. The molecule has 0 amide bonds. The summed E-state index contributed by atoms with van der Waals surface area (Å²) in [6, 6.07) is 6.33. The fourth-order valence-electron chi connectivity index (χ4n) is 1.92. The number of hydrogen-bond acceptors (Lipinski definition) is 1. The minimum atomic E-state index is -0.658. The van der Waals surface area contributed by atoms with Crippen LogP contribution in [-0.4, -0.2) is 11.1 Å². The van der Waals surface area contributed by atoms with Gasteiger partial charge in [-0.3, -0.25) is 4.79 Å². The van der Waals surface area contributed by atoms with Crippen LogP contribution in [0.2, 0.25) is 0 Å². The Bertz CT molecular complexity index is 401. The average Bonchev–Trinajstić information content (AvgIpc) is 2.97. The lowest BCUT2D eigenvalue weighted by Gasteiger charge is -2.04. The summed E-state index contributed by atoms with van der Waals surface area (Å²) in [5, 5.41) is 8.85. The van der Waals surface area contributed by atoms with Gasteiger partial charge in [-0.1, -0.05) is 19.1 Å². The lowest BCUT2D eigenvalue weighted by Crippen LogP contribution is -1.99. The highest BCUT2D eigenvalue weighted by Crippen LogP contribution is 2.47. The van der Waals surface area contributed by atoms with Gasteiger partial charge in [-0.2, -0.15) is 0 Å². The van der Waals surface area contributed by atoms with E-state index in [1.165, 1.54) is 14.7 Å². The zero-order valence-electron chi connectivity index (χ0n) is 8.53. The number of carboxylic acid groups (broad SMARTS) is 1. The predicted octanol–water partition coefficient (Wildman–Crippen LogP) is 3.04. The van der Waals surface area contributed by atoms with Crippen LogP contribution in [0.1, 0.15) is 30.4 Å². The van der Waals surface area contributed by atoms with E-state index in [9.17, 15) is 4.79 Å². The second-order valence-electron chi connectivity index (χ2n) is 3.99. The normalized spacial score (nSPS) is 23.9. The molecular weight excluding hydrogens is 303 g/mol. The first-order chi connectivity index (χ1) is 7.13. The maximum absolute atomic E-state index is 10.8. The van der Waals surface area contributed by atoms with Crippen molar-refractivity contribution in [1.82, 2.24) is 0 Å². The standard InChI is InChI=1S/C12H13IO2/c1-2-7-3-4-8(5-11(7)13)9-6-10(9)12(14)15/h3-5,9-10H,2,6H2,1H3,(H,14,15)/t9-,10?/m1/s1. The number of carboxylic acids is 1. The fourth-order valence-corrected chi connectivity index (χ4v) is 2.84. The van der Waals surface area contributed by atoms with Crippen LogP contribution in [0, 0.1) is 9.49 Å². The minimum Gasteiger partial charge on any atom is -0.481 e. The van der Waals surface area contributed by atoms with Gasteiger partial charge < -0.3 is 5.11 Å². The number of hydrogen-bond donors (Lipinski definition) is 1. The first-order valence-electron chi connectivity index (χ1n) is 5.14. The fraction of sp³-hybridized carbons (Fsp3) is 0.417. The van der Waals surface area contributed by atoms with Gasteiger partial charge in [0.15, 0.2) is 0 Å². The maximum Gasteiger partial charge on any atom is 0.307 e. The monoisotopic (exact) mass is 316 g/mol. The van der Waals surface area contributed by atoms with Crippen molar-refractivity contribution in [3.8, 4) is 0 Å². The highest BCUT2D eigenvalue weighted by atomic mass is 127. The molecule has 1 aromatic rings. The van der Waals surface area contributed by atoms with Crippen LogP contribution in [-0.2, 0) is 11.2 Å². The second kappa shape index (κ2) is 4.12. The van der Waals surface area contributed by atoms with Crippen molar-refractivity contribution in [2.24, 2.45) is 5.92 Å². The number of aryl methyl sites for hydroxylation is 1. The lowest BCUT2D eigenvalue weighted by atomic mass is 10.1. The summed E-state index contributed by atoms with van der Waals surface area (Å²) in [4.78, 5) is 10.8. The summed E-state index contributed by atoms with van der Waals surface area (Å²) in [5.74, 6) is -0.551. The van der Waals surface area contributed by atoms with Crippen LogP contribution in [0.5, 0.6) is 0 Å². The third kappa shape index (κ3) is 2.17. The molecule has 0 heterocycles. The van der Waals surface area contributed by atoms with Gasteiger partial charge in [0.05, 0.1) is 5.92 Å². The Kier molecular flexibility index (Phi) is 3.00.